The first-order valence-electron chi connectivity index (χ1n) is 14.3. The van der Waals surface area contributed by atoms with E-state index < -0.39 is 4.92 Å². The maximum Gasteiger partial charge on any atom is 0.270 e. The maximum absolute atomic E-state index is 11.1. The van der Waals surface area contributed by atoms with E-state index in [9.17, 15) is 20.2 Å². The molecule has 0 aliphatic heterocycles. The lowest BCUT2D eigenvalue weighted by molar-refractivity contribution is -0.385. The highest BCUT2D eigenvalue weighted by Gasteiger charge is 2.15. The van der Waals surface area contributed by atoms with E-state index in [4.69, 9.17) is 12.8 Å². The minimum Gasteiger partial charge on any atom is -0.258 e. The van der Waals surface area contributed by atoms with E-state index >= 15 is 0 Å². The molecule has 0 saturated heterocycles. The van der Waals surface area contributed by atoms with E-state index in [1.165, 1.54) is 12.1 Å². The fourth-order valence-corrected chi connectivity index (χ4v) is 19.9. The third kappa shape index (κ3) is 15.8. The van der Waals surface area contributed by atoms with Gasteiger partial charge in [-0.25, -0.2) is 0 Å². The Balaban J connectivity index is 0.000000369. The van der Waals surface area contributed by atoms with Crippen molar-refractivity contribution in [3.05, 3.63) is 163 Å². The zero-order chi connectivity index (χ0) is 37.3. The number of benzene rings is 4. The topological polar surface area (TPSA) is 86.3 Å². The molecule has 6 unspecified atom stereocenters. The van der Waals surface area contributed by atoms with Crippen LogP contribution in [0.2, 0.25) is 0 Å². The Morgan fingerprint density at radius 2 is 1.20 bits per heavy atom. The Labute approximate surface area is 304 Å². The summed E-state index contributed by atoms with van der Waals surface area (Å²) in [6.45, 7) is 16.2. The van der Waals surface area contributed by atoms with Gasteiger partial charge >= 0.3 is 0 Å². The van der Waals surface area contributed by atoms with Gasteiger partial charge in [-0.05, 0) is 99.3 Å². The van der Waals surface area contributed by atoms with Crippen molar-refractivity contribution in [2.45, 2.75) is 27.7 Å². The Hall–Kier alpha value is -2.71. The number of rotatable bonds is 7. The van der Waals surface area contributed by atoms with Gasteiger partial charge in [0.05, 0.1) is 9.85 Å². The van der Waals surface area contributed by atoms with E-state index in [1.807, 2.05) is 76.2 Å². The molecule has 0 spiro atoms. The molecule has 4 aromatic rings. The zero-order valence-electron chi connectivity index (χ0n) is 27.9. The van der Waals surface area contributed by atoms with Gasteiger partial charge < -0.3 is 0 Å². The number of nitro groups is 2. The van der Waals surface area contributed by atoms with Gasteiger partial charge in [-0.15, -0.1) is 48.6 Å². The summed E-state index contributed by atoms with van der Waals surface area (Å²) < 4.78 is 0. The smallest absolute Gasteiger partial charge is 0.258 e. The Morgan fingerprint density at radius 1 is 0.755 bits per heavy atom. The van der Waals surface area contributed by atoms with Crippen LogP contribution in [0.4, 0.5) is 11.4 Å². The highest BCUT2D eigenvalue weighted by atomic mass is 33.0. The van der Waals surface area contributed by atoms with E-state index in [2.05, 4.69) is 60.7 Å². The van der Waals surface area contributed by atoms with Gasteiger partial charge in [-0.1, -0.05) is 80.5 Å². The van der Waals surface area contributed by atoms with E-state index in [0.29, 0.717) is 0 Å². The lowest BCUT2D eigenvalue weighted by Crippen LogP contribution is -1.97. The van der Waals surface area contributed by atoms with Crippen molar-refractivity contribution in [2.24, 2.45) is 0 Å². The van der Waals surface area contributed by atoms with Crippen molar-refractivity contribution in [3.63, 3.8) is 0 Å². The number of nitro benzene ring substituents is 2. The van der Waals surface area contributed by atoms with Crippen LogP contribution in [0.15, 0.2) is 98.1 Å². The second-order valence-corrected chi connectivity index (χ2v) is 32.5. The molecule has 0 N–H and O–H groups in total. The van der Waals surface area contributed by atoms with Gasteiger partial charge in [0, 0.05) is 35.4 Å². The summed E-state index contributed by atoms with van der Waals surface area (Å²) in [4.78, 5) is 20.4. The maximum atomic E-state index is 11.1. The van der Waals surface area contributed by atoms with Crippen LogP contribution in [0, 0.1) is 65.7 Å². The first-order chi connectivity index (χ1) is 23.1. The monoisotopic (exact) mass is 782 g/mol. The number of non-ortho nitro benzene ring substituents is 2. The van der Waals surface area contributed by atoms with Crippen LogP contribution in [0.3, 0.4) is 0 Å². The third-order valence-corrected chi connectivity index (χ3v) is 37.2. The number of terminal acetylenes is 2. The molecule has 0 heterocycles. The number of allylic oxidation sites excluding steroid dienone is 1. The van der Waals surface area contributed by atoms with E-state index in [1.54, 1.807) is 24.3 Å². The van der Waals surface area contributed by atoms with Gasteiger partial charge in [0.2, 0.25) is 0 Å². The lowest BCUT2D eigenvalue weighted by atomic mass is 9.92. The number of hydrogen-bond donors (Lipinski definition) is 0. The van der Waals surface area contributed by atoms with Crippen LogP contribution in [0.1, 0.15) is 51.4 Å². The molecule has 0 saturated carbocycles. The summed E-state index contributed by atoms with van der Waals surface area (Å²) in [5.74, 6) is 5.02. The number of hydrogen-bond acceptors (Lipinski definition) is 4. The third-order valence-electron chi connectivity index (χ3n) is 6.76. The van der Waals surface area contributed by atoms with Crippen LogP contribution in [-0.2, 0) is 0 Å². The first-order valence-corrected chi connectivity index (χ1v) is 26.2. The van der Waals surface area contributed by atoms with Gasteiger partial charge in [0.15, 0.2) is 0 Å². The highest BCUT2D eigenvalue weighted by Crippen LogP contribution is 2.92. The van der Waals surface area contributed by atoms with Crippen LogP contribution in [0.5, 0.6) is 0 Å². The average Bonchev–Trinajstić information content (AvgIpc) is 3.09. The molecule has 4 aromatic carbocycles. The number of aryl methyl sites for hydroxylation is 2. The second-order valence-electron chi connectivity index (χ2n) is 10.3. The molecule has 0 aromatic heterocycles. The van der Waals surface area contributed by atoms with Crippen LogP contribution in [0.25, 0.3) is 11.1 Å². The predicted molar refractivity (Wildman–Crippen MR) is 233 cm³/mol. The standard InChI is InChI=1S/C19H19NO2.C10H6.C7H7NO2.H9P7/c1-12(2)16-6-8-17(9-7-16)15(5)19-11-18(20(21)22)10-13(3)14(19)4;1-3-9-5-7-10(4-2)8-6-9;1-6-2-4-7(5-3-6)8(9)10;1-5-7(4)6(2)3/h6-11H,1,5H2,2-4H3;1-2,5-8H;2-5H,1H3;5H,1-4H2. The molecule has 0 aliphatic rings. The summed E-state index contributed by atoms with van der Waals surface area (Å²) in [5, 5.41) is 21.2. The van der Waals surface area contributed by atoms with Gasteiger partial charge in [0.25, 0.3) is 11.4 Å². The Kier molecular flexibility index (Phi) is 20.7. The van der Waals surface area contributed by atoms with Gasteiger partial charge in [-0.3, -0.25) is 20.2 Å². The fraction of sp³-hybridized carbons (Fsp3) is 0.111. The molecule has 0 bridgehead atoms. The fourth-order valence-electron chi connectivity index (χ4n) is 3.77. The van der Waals surface area contributed by atoms with Crippen molar-refractivity contribution in [1.29, 1.82) is 0 Å². The molecule has 0 fully saturated rings. The molecule has 254 valence electrons. The Bertz CT molecular complexity index is 1800. The average molecular weight is 783 g/mol. The molecule has 0 amide bonds. The summed E-state index contributed by atoms with van der Waals surface area (Å²) in [7, 11) is 12.4. The van der Waals surface area contributed by atoms with Gasteiger partial charge in [-0.2, -0.15) is 0 Å². The molecule has 0 aliphatic carbocycles. The molecular weight excluding hydrogens is 741 g/mol. The van der Waals surface area contributed by atoms with Crippen LogP contribution in [-0.4, -0.2) is 9.85 Å². The molecule has 49 heavy (non-hydrogen) atoms. The molecule has 6 atom stereocenters. The van der Waals surface area contributed by atoms with Crippen molar-refractivity contribution < 1.29 is 9.85 Å². The number of nitrogens with zero attached hydrogens (tertiary/aromatic N) is 2. The summed E-state index contributed by atoms with van der Waals surface area (Å²) in [6, 6.07) is 24.9. The molecule has 13 heteroatoms. The van der Waals surface area contributed by atoms with Crippen molar-refractivity contribution >= 4 is 80.2 Å². The minimum absolute atomic E-state index is 0.0952. The largest absolute Gasteiger partial charge is 0.270 e. The second kappa shape index (κ2) is 22.9. The van der Waals surface area contributed by atoms with E-state index in [0.717, 1.165) is 63.6 Å². The quantitative estimate of drug-likeness (QED) is 0.0808. The highest BCUT2D eigenvalue weighted by molar-refractivity contribution is 8.98. The van der Waals surface area contributed by atoms with Crippen molar-refractivity contribution in [2.75, 3.05) is 0 Å². The lowest BCUT2D eigenvalue weighted by Gasteiger charge is -2.12. The summed E-state index contributed by atoms with van der Waals surface area (Å²) in [5.41, 5.74) is 9.53. The van der Waals surface area contributed by atoms with Crippen molar-refractivity contribution in [1.82, 2.24) is 0 Å². The normalized spacial score (nSPS) is 10.5. The summed E-state index contributed by atoms with van der Waals surface area (Å²) in [6.07, 6.45) is 10.3. The molecule has 6 nitrogen and oxygen atoms in total. The minimum atomic E-state index is -0.403. The SMILES string of the molecule is C#Cc1ccc(C#C)cc1.C=C(C)c1ccc(C(=C)c2cc([N+](=O)[O-])cc(C)c2C)cc1.Cc1ccc([N+](=O)[O-])cc1.PPP(P)P(P)P. The van der Waals surface area contributed by atoms with Crippen molar-refractivity contribution in [3.8, 4) is 24.7 Å². The predicted octanol–water partition coefficient (Wildman–Crippen LogP) is 12.5. The van der Waals surface area contributed by atoms with Crippen LogP contribution >= 0.6 is 57.6 Å². The summed E-state index contributed by atoms with van der Waals surface area (Å²) >= 11 is 0. The first kappa shape index (κ1) is 44.3. The van der Waals surface area contributed by atoms with Crippen LogP contribution < -0.4 is 0 Å². The van der Waals surface area contributed by atoms with Gasteiger partial charge in [0.1, 0.15) is 0 Å². The molecule has 0 radical (unpaired) electrons. The Morgan fingerprint density at radius 3 is 1.55 bits per heavy atom. The van der Waals surface area contributed by atoms with E-state index in [-0.39, 0.29) is 30.3 Å². The zero-order valence-corrected chi connectivity index (χ0v) is 35.3. The molecular formula is C36H41N2O4P7. The molecule has 4 rings (SSSR count).